The number of hydrogen-bond acceptors (Lipinski definition) is 9. The summed E-state index contributed by atoms with van der Waals surface area (Å²) >= 11 is 0. The molecule has 3 aromatic heterocycles. The number of nitrogens with zero attached hydrogens (tertiary/aromatic N) is 5. The molecule has 4 heterocycles. The van der Waals surface area contributed by atoms with Crippen molar-refractivity contribution >= 4 is 39.3 Å². The third-order valence-electron chi connectivity index (χ3n) is 6.56. The maximum atomic E-state index is 10.9. The molecule has 0 saturated carbocycles. The zero-order chi connectivity index (χ0) is 24.7. The van der Waals surface area contributed by atoms with Gasteiger partial charge in [-0.15, -0.1) is 0 Å². The first-order chi connectivity index (χ1) is 17.0. The number of ether oxygens (including phenoxy) is 2. The van der Waals surface area contributed by atoms with Crippen LogP contribution in [-0.4, -0.2) is 47.0 Å². The van der Waals surface area contributed by atoms with Crippen molar-refractivity contribution in [1.29, 1.82) is 5.26 Å². The SMILES string of the molecule is COc1ccc(Cn2c(O)cc3c4c(C#N)c(N5CCCCC5)nc(N)c4c(N)nc32)cc1OC. The number of hydrogen-bond donors (Lipinski definition) is 3. The molecule has 0 amide bonds. The number of aromatic nitrogens is 3. The zero-order valence-electron chi connectivity index (χ0n) is 19.7. The number of pyridine rings is 2. The Kier molecular flexibility index (Phi) is 5.61. The van der Waals surface area contributed by atoms with E-state index in [4.69, 9.17) is 20.9 Å². The lowest BCUT2D eigenvalue weighted by Crippen LogP contribution is -2.31. The largest absolute Gasteiger partial charge is 0.494 e. The van der Waals surface area contributed by atoms with Crippen molar-refractivity contribution in [3.8, 4) is 23.4 Å². The van der Waals surface area contributed by atoms with E-state index in [1.165, 1.54) is 0 Å². The molecule has 10 nitrogen and oxygen atoms in total. The van der Waals surface area contributed by atoms with Gasteiger partial charge in [-0.05, 0) is 37.0 Å². The van der Waals surface area contributed by atoms with Crippen molar-refractivity contribution in [3.63, 3.8) is 0 Å². The first-order valence-electron chi connectivity index (χ1n) is 11.4. The molecule has 35 heavy (non-hydrogen) atoms. The fourth-order valence-electron chi connectivity index (χ4n) is 4.88. The highest BCUT2D eigenvalue weighted by Gasteiger charge is 2.25. The molecule has 0 atom stereocenters. The van der Waals surface area contributed by atoms with E-state index in [0.717, 1.165) is 37.9 Å². The summed E-state index contributed by atoms with van der Waals surface area (Å²) < 4.78 is 12.4. The summed E-state index contributed by atoms with van der Waals surface area (Å²) in [5.41, 5.74) is 14.4. The Labute approximate surface area is 202 Å². The van der Waals surface area contributed by atoms with Crippen LogP contribution in [-0.2, 0) is 6.54 Å². The number of fused-ring (bicyclic) bond motifs is 3. The molecular formula is C25H27N7O3. The van der Waals surface area contributed by atoms with Gasteiger partial charge in [0.2, 0.25) is 0 Å². The first kappa shape index (κ1) is 22.4. The normalized spacial score (nSPS) is 13.8. The van der Waals surface area contributed by atoms with Crippen molar-refractivity contribution in [2.75, 3.05) is 43.7 Å². The number of aromatic hydroxyl groups is 1. The molecule has 1 aliphatic rings. The summed E-state index contributed by atoms with van der Waals surface area (Å²) in [6.07, 6.45) is 3.21. The average Bonchev–Trinajstić information content (AvgIpc) is 3.18. The minimum Gasteiger partial charge on any atom is -0.494 e. The molecular weight excluding hydrogens is 446 g/mol. The third kappa shape index (κ3) is 3.65. The van der Waals surface area contributed by atoms with Crippen LogP contribution in [0.3, 0.4) is 0 Å². The molecule has 180 valence electrons. The van der Waals surface area contributed by atoms with Gasteiger partial charge in [0.1, 0.15) is 34.7 Å². The molecule has 1 fully saturated rings. The molecule has 1 saturated heterocycles. The third-order valence-corrected chi connectivity index (χ3v) is 6.56. The van der Waals surface area contributed by atoms with Gasteiger partial charge in [0.15, 0.2) is 17.4 Å². The lowest BCUT2D eigenvalue weighted by Gasteiger charge is -2.29. The number of nitrogens with two attached hydrogens (primary N) is 2. The van der Waals surface area contributed by atoms with Crippen LogP contribution in [0, 0.1) is 11.3 Å². The minimum absolute atomic E-state index is 0.00650. The van der Waals surface area contributed by atoms with Crippen molar-refractivity contribution in [2.45, 2.75) is 25.8 Å². The predicted molar refractivity (Wildman–Crippen MR) is 135 cm³/mol. The van der Waals surface area contributed by atoms with Crippen molar-refractivity contribution < 1.29 is 14.6 Å². The smallest absolute Gasteiger partial charge is 0.193 e. The van der Waals surface area contributed by atoms with Crippen molar-refractivity contribution in [2.24, 2.45) is 0 Å². The first-order valence-corrected chi connectivity index (χ1v) is 11.4. The van der Waals surface area contributed by atoms with E-state index in [1.807, 2.05) is 12.1 Å². The number of nitriles is 1. The minimum atomic E-state index is -0.00650. The van der Waals surface area contributed by atoms with Crippen LogP contribution in [0.25, 0.3) is 21.8 Å². The maximum Gasteiger partial charge on any atom is 0.193 e. The monoisotopic (exact) mass is 473 g/mol. The summed E-state index contributed by atoms with van der Waals surface area (Å²) in [7, 11) is 3.15. The van der Waals surface area contributed by atoms with Crippen LogP contribution in [0.5, 0.6) is 17.4 Å². The van der Waals surface area contributed by atoms with E-state index < -0.39 is 0 Å². The standard InChI is InChI=1S/C25H27N7O3/c1-34-17-7-6-14(10-18(17)35-2)13-32-19(33)11-15-20-16(12-26)24(31-8-4-3-5-9-31)29-22(27)21(20)23(28)30-25(15)32/h6-7,10-11,33H,3-5,8-9,13H2,1-2H3,(H2,27,29)(H2,28,30). The second-order valence-corrected chi connectivity index (χ2v) is 8.62. The number of benzene rings is 1. The maximum absolute atomic E-state index is 10.9. The Morgan fingerprint density at radius 1 is 1.00 bits per heavy atom. The highest BCUT2D eigenvalue weighted by Crippen LogP contribution is 2.40. The molecule has 0 bridgehead atoms. The lowest BCUT2D eigenvalue weighted by molar-refractivity contribution is 0.354. The molecule has 1 aromatic carbocycles. The van der Waals surface area contributed by atoms with Gasteiger partial charge < -0.3 is 30.9 Å². The second kappa shape index (κ2) is 8.76. The van der Waals surface area contributed by atoms with Crippen molar-refractivity contribution in [3.05, 3.63) is 35.4 Å². The zero-order valence-corrected chi connectivity index (χ0v) is 19.7. The Morgan fingerprint density at radius 2 is 1.71 bits per heavy atom. The molecule has 5 N–H and O–H groups in total. The summed E-state index contributed by atoms with van der Waals surface area (Å²) in [5.74, 6) is 2.11. The molecule has 5 rings (SSSR count). The van der Waals surface area contributed by atoms with Gasteiger partial charge in [0.25, 0.3) is 0 Å². The molecule has 0 spiro atoms. The van der Waals surface area contributed by atoms with Crippen LogP contribution in [0.15, 0.2) is 24.3 Å². The number of methoxy groups -OCH3 is 2. The number of anilines is 3. The van der Waals surface area contributed by atoms with E-state index >= 15 is 0 Å². The predicted octanol–water partition coefficient (Wildman–Crippen LogP) is 3.38. The Bertz CT molecular complexity index is 1480. The average molecular weight is 474 g/mol. The van der Waals surface area contributed by atoms with Gasteiger partial charge in [-0.25, -0.2) is 9.97 Å². The van der Waals surface area contributed by atoms with Gasteiger partial charge in [-0.3, -0.25) is 4.57 Å². The summed E-state index contributed by atoms with van der Waals surface area (Å²) in [4.78, 5) is 11.2. The summed E-state index contributed by atoms with van der Waals surface area (Å²) in [6, 6.07) is 9.45. The molecule has 1 aliphatic heterocycles. The van der Waals surface area contributed by atoms with Crippen molar-refractivity contribution in [1.82, 2.24) is 14.5 Å². The molecule has 0 radical (unpaired) electrons. The Balaban J connectivity index is 1.72. The topological polar surface area (TPSA) is 148 Å². The quantitative estimate of drug-likeness (QED) is 0.396. The van der Waals surface area contributed by atoms with Gasteiger partial charge in [-0.2, -0.15) is 5.26 Å². The fraction of sp³-hybridized carbons (Fsp3) is 0.320. The van der Waals surface area contributed by atoms with Crippen LogP contribution in [0.1, 0.15) is 30.4 Å². The van der Waals surface area contributed by atoms with Crippen LogP contribution in [0.2, 0.25) is 0 Å². The van der Waals surface area contributed by atoms with Gasteiger partial charge in [-0.1, -0.05) is 6.07 Å². The number of nitrogen functional groups attached to an aromatic ring is 2. The van der Waals surface area contributed by atoms with E-state index in [2.05, 4.69) is 20.9 Å². The van der Waals surface area contributed by atoms with E-state index in [0.29, 0.717) is 51.2 Å². The van der Waals surface area contributed by atoms with E-state index in [-0.39, 0.29) is 17.5 Å². The number of rotatable bonds is 5. The fourth-order valence-corrected chi connectivity index (χ4v) is 4.88. The molecule has 0 aliphatic carbocycles. The van der Waals surface area contributed by atoms with E-state index in [9.17, 15) is 10.4 Å². The van der Waals surface area contributed by atoms with Crippen LogP contribution >= 0.6 is 0 Å². The van der Waals surface area contributed by atoms with Crippen LogP contribution in [0.4, 0.5) is 17.5 Å². The van der Waals surface area contributed by atoms with Gasteiger partial charge >= 0.3 is 0 Å². The lowest BCUT2D eigenvalue weighted by atomic mass is 10.0. The van der Waals surface area contributed by atoms with E-state index in [1.54, 1.807) is 30.9 Å². The number of piperidine rings is 1. The van der Waals surface area contributed by atoms with Crippen LogP contribution < -0.4 is 25.8 Å². The highest BCUT2D eigenvalue weighted by atomic mass is 16.5. The summed E-state index contributed by atoms with van der Waals surface area (Å²) in [5, 5.41) is 22.7. The molecule has 10 heteroatoms. The van der Waals surface area contributed by atoms with Gasteiger partial charge in [0.05, 0.1) is 26.2 Å². The molecule has 4 aromatic rings. The Morgan fingerprint density at radius 3 is 2.40 bits per heavy atom. The molecule has 0 unspecified atom stereocenters. The van der Waals surface area contributed by atoms with Gasteiger partial charge in [0, 0.05) is 29.9 Å². The highest BCUT2D eigenvalue weighted by molar-refractivity contribution is 6.17. The summed E-state index contributed by atoms with van der Waals surface area (Å²) in [6.45, 7) is 1.92. The Hall–Kier alpha value is -4.39. The second-order valence-electron chi connectivity index (χ2n) is 8.62.